The molecule has 1 amide bonds. The minimum Gasteiger partial charge on any atom is -0.487 e. The molecule has 1 aromatic heterocycles. The van der Waals surface area contributed by atoms with E-state index in [1.165, 1.54) is 0 Å². The fourth-order valence-electron chi connectivity index (χ4n) is 2.49. The number of hydrogen-bond donors (Lipinski definition) is 1. The van der Waals surface area contributed by atoms with Gasteiger partial charge >= 0.3 is 0 Å². The van der Waals surface area contributed by atoms with Crippen LogP contribution in [0, 0.1) is 0 Å². The van der Waals surface area contributed by atoms with Crippen LogP contribution in [0.4, 0.5) is 0 Å². The molecule has 1 fully saturated rings. The predicted octanol–water partition coefficient (Wildman–Crippen LogP) is 2.16. The molecule has 6 heteroatoms. The number of amides is 1. The van der Waals surface area contributed by atoms with Gasteiger partial charge in [0.1, 0.15) is 12.4 Å². The average molecular weight is 317 g/mol. The SMILES string of the molecule is C[C@H]1CNCCN1C(=O)c1cccc(OCc2cscn2)c1. The second kappa shape index (κ2) is 6.89. The molecule has 1 aliphatic rings. The van der Waals surface area contributed by atoms with Gasteiger partial charge in [-0.25, -0.2) is 4.98 Å². The normalized spacial score (nSPS) is 18.2. The molecule has 0 unspecified atom stereocenters. The summed E-state index contributed by atoms with van der Waals surface area (Å²) in [5.74, 6) is 0.759. The number of rotatable bonds is 4. The number of aromatic nitrogens is 1. The summed E-state index contributed by atoms with van der Waals surface area (Å²) in [7, 11) is 0. The van der Waals surface area contributed by atoms with E-state index in [9.17, 15) is 4.79 Å². The van der Waals surface area contributed by atoms with Crippen LogP contribution in [0.5, 0.6) is 5.75 Å². The van der Waals surface area contributed by atoms with Crippen molar-refractivity contribution in [2.24, 2.45) is 0 Å². The van der Waals surface area contributed by atoms with E-state index in [2.05, 4.69) is 17.2 Å². The van der Waals surface area contributed by atoms with Gasteiger partial charge in [-0.15, -0.1) is 11.3 Å². The zero-order chi connectivity index (χ0) is 15.4. The Hall–Kier alpha value is -1.92. The molecule has 2 heterocycles. The lowest BCUT2D eigenvalue weighted by Gasteiger charge is -2.34. The number of ether oxygens (including phenoxy) is 1. The van der Waals surface area contributed by atoms with Crippen molar-refractivity contribution in [3.8, 4) is 5.75 Å². The Morgan fingerprint density at radius 3 is 3.23 bits per heavy atom. The van der Waals surface area contributed by atoms with E-state index in [0.29, 0.717) is 17.9 Å². The topological polar surface area (TPSA) is 54.5 Å². The molecule has 0 aliphatic carbocycles. The molecule has 0 radical (unpaired) electrons. The first-order valence-electron chi connectivity index (χ1n) is 7.35. The van der Waals surface area contributed by atoms with Gasteiger partial charge in [-0.1, -0.05) is 6.07 Å². The van der Waals surface area contributed by atoms with Crippen molar-refractivity contribution in [1.29, 1.82) is 0 Å². The molecule has 1 atom stereocenters. The van der Waals surface area contributed by atoms with Crippen molar-refractivity contribution < 1.29 is 9.53 Å². The van der Waals surface area contributed by atoms with Crippen molar-refractivity contribution in [2.45, 2.75) is 19.6 Å². The predicted molar refractivity (Wildman–Crippen MR) is 86.3 cm³/mol. The number of hydrogen-bond acceptors (Lipinski definition) is 5. The number of carbonyl (C=O) groups is 1. The maximum atomic E-state index is 12.6. The Morgan fingerprint density at radius 2 is 2.45 bits per heavy atom. The molecule has 1 aromatic carbocycles. The highest BCUT2D eigenvalue weighted by molar-refractivity contribution is 7.07. The number of thiazole rings is 1. The van der Waals surface area contributed by atoms with Crippen molar-refractivity contribution in [3.63, 3.8) is 0 Å². The first-order chi connectivity index (χ1) is 10.7. The second-order valence-electron chi connectivity index (χ2n) is 5.35. The monoisotopic (exact) mass is 317 g/mol. The van der Waals surface area contributed by atoms with Gasteiger partial charge in [0.25, 0.3) is 5.91 Å². The van der Waals surface area contributed by atoms with E-state index in [4.69, 9.17) is 4.74 Å². The molecule has 3 rings (SSSR count). The molecule has 22 heavy (non-hydrogen) atoms. The zero-order valence-electron chi connectivity index (χ0n) is 12.5. The van der Waals surface area contributed by atoms with Gasteiger partial charge in [-0.2, -0.15) is 0 Å². The van der Waals surface area contributed by atoms with E-state index in [-0.39, 0.29) is 11.9 Å². The number of nitrogens with zero attached hydrogens (tertiary/aromatic N) is 2. The summed E-state index contributed by atoms with van der Waals surface area (Å²) in [6, 6.07) is 7.58. The maximum absolute atomic E-state index is 12.6. The molecule has 1 N–H and O–H groups in total. The van der Waals surface area contributed by atoms with Crippen LogP contribution >= 0.6 is 11.3 Å². The van der Waals surface area contributed by atoms with Crippen LogP contribution in [0.3, 0.4) is 0 Å². The minimum atomic E-state index is 0.0631. The van der Waals surface area contributed by atoms with Crippen LogP contribution in [0.2, 0.25) is 0 Å². The van der Waals surface area contributed by atoms with Gasteiger partial charge in [0, 0.05) is 36.6 Å². The number of carbonyl (C=O) groups excluding carboxylic acids is 1. The summed E-state index contributed by atoms with van der Waals surface area (Å²) in [5.41, 5.74) is 3.35. The average Bonchev–Trinajstić information content (AvgIpc) is 3.06. The summed E-state index contributed by atoms with van der Waals surface area (Å²) in [6.07, 6.45) is 0. The van der Waals surface area contributed by atoms with Gasteiger partial charge < -0.3 is 15.0 Å². The van der Waals surface area contributed by atoms with Gasteiger partial charge in [0.2, 0.25) is 0 Å². The van der Waals surface area contributed by atoms with Crippen LogP contribution in [-0.2, 0) is 6.61 Å². The van der Waals surface area contributed by atoms with Crippen LogP contribution < -0.4 is 10.1 Å². The summed E-state index contributed by atoms with van der Waals surface area (Å²) in [6.45, 7) is 4.91. The van der Waals surface area contributed by atoms with Gasteiger partial charge in [-0.3, -0.25) is 4.79 Å². The highest BCUT2D eigenvalue weighted by Gasteiger charge is 2.24. The van der Waals surface area contributed by atoms with E-state index < -0.39 is 0 Å². The highest BCUT2D eigenvalue weighted by Crippen LogP contribution is 2.18. The van der Waals surface area contributed by atoms with Gasteiger partial charge in [0.05, 0.1) is 11.2 Å². The summed E-state index contributed by atoms with van der Waals surface area (Å²) in [5, 5.41) is 5.25. The molecule has 5 nitrogen and oxygen atoms in total. The van der Waals surface area contributed by atoms with Gasteiger partial charge in [-0.05, 0) is 25.1 Å². The smallest absolute Gasteiger partial charge is 0.254 e. The third-order valence-corrected chi connectivity index (χ3v) is 4.35. The molecule has 0 spiro atoms. The largest absolute Gasteiger partial charge is 0.487 e. The van der Waals surface area contributed by atoms with Crippen LogP contribution in [0.25, 0.3) is 0 Å². The van der Waals surface area contributed by atoms with Gasteiger partial charge in [0.15, 0.2) is 0 Å². The van der Waals surface area contributed by atoms with E-state index in [1.807, 2.05) is 34.5 Å². The van der Waals surface area contributed by atoms with Crippen molar-refractivity contribution in [3.05, 3.63) is 46.4 Å². The van der Waals surface area contributed by atoms with Crippen molar-refractivity contribution in [1.82, 2.24) is 15.2 Å². The lowest BCUT2D eigenvalue weighted by atomic mass is 10.1. The Balaban J connectivity index is 1.68. The lowest BCUT2D eigenvalue weighted by molar-refractivity contribution is 0.0655. The number of benzene rings is 1. The van der Waals surface area contributed by atoms with E-state index in [1.54, 1.807) is 16.8 Å². The molecular weight excluding hydrogens is 298 g/mol. The first-order valence-corrected chi connectivity index (χ1v) is 8.30. The second-order valence-corrected chi connectivity index (χ2v) is 6.07. The molecule has 0 saturated carbocycles. The minimum absolute atomic E-state index is 0.0631. The van der Waals surface area contributed by atoms with Crippen molar-refractivity contribution in [2.75, 3.05) is 19.6 Å². The Bertz CT molecular complexity index is 630. The number of piperazine rings is 1. The highest BCUT2D eigenvalue weighted by atomic mass is 32.1. The molecular formula is C16H19N3O2S. The Labute approximate surface area is 133 Å². The summed E-state index contributed by atoms with van der Waals surface area (Å²) < 4.78 is 5.72. The standard InChI is InChI=1S/C16H19N3O2S/c1-12-8-17-5-6-19(12)16(20)13-3-2-4-15(7-13)21-9-14-10-22-11-18-14/h2-4,7,10-12,17H,5-6,8-9H2,1H3/t12-/m0/s1. The maximum Gasteiger partial charge on any atom is 0.254 e. The lowest BCUT2D eigenvalue weighted by Crippen LogP contribution is -2.52. The summed E-state index contributed by atoms with van der Waals surface area (Å²) >= 11 is 1.54. The zero-order valence-corrected chi connectivity index (χ0v) is 13.3. The Morgan fingerprint density at radius 1 is 1.55 bits per heavy atom. The fraction of sp³-hybridized carbons (Fsp3) is 0.375. The molecule has 0 bridgehead atoms. The number of nitrogens with one attached hydrogen (secondary N) is 1. The third kappa shape index (κ3) is 3.45. The van der Waals surface area contributed by atoms with E-state index in [0.717, 1.165) is 25.3 Å². The first kappa shape index (κ1) is 15.0. The quantitative estimate of drug-likeness (QED) is 0.939. The van der Waals surface area contributed by atoms with Crippen LogP contribution in [-0.4, -0.2) is 41.5 Å². The molecule has 2 aromatic rings. The fourth-order valence-corrected chi connectivity index (χ4v) is 3.04. The molecule has 1 aliphatic heterocycles. The van der Waals surface area contributed by atoms with E-state index >= 15 is 0 Å². The Kier molecular flexibility index (Phi) is 4.70. The molecule has 116 valence electrons. The summed E-state index contributed by atoms with van der Waals surface area (Å²) in [4.78, 5) is 18.7. The van der Waals surface area contributed by atoms with Crippen LogP contribution in [0.1, 0.15) is 23.0 Å². The molecule has 1 saturated heterocycles. The third-order valence-electron chi connectivity index (χ3n) is 3.71. The van der Waals surface area contributed by atoms with Crippen LogP contribution in [0.15, 0.2) is 35.2 Å². The van der Waals surface area contributed by atoms with Crippen molar-refractivity contribution >= 4 is 17.2 Å².